The lowest BCUT2D eigenvalue weighted by molar-refractivity contribution is 0.0712. The van der Waals surface area contributed by atoms with Crippen LogP contribution in [0, 0.1) is 32.1 Å². The lowest BCUT2D eigenvalue weighted by atomic mass is 9.88. The summed E-state index contributed by atoms with van der Waals surface area (Å²) in [5.74, 6) is 0.509. The average Bonchev–Trinajstić information content (AvgIpc) is 2.85. The van der Waals surface area contributed by atoms with Gasteiger partial charge >= 0.3 is 0 Å². The predicted molar refractivity (Wildman–Crippen MR) is 136 cm³/mol. The number of hydrogen-bond donors (Lipinski definition) is 0. The molecule has 1 aromatic heterocycles. The monoisotopic (exact) mass is 450 g/mol. The van der Waals surface area contributed by atoms with Crippen LogP contribution in [0.15, 0.2) is 59.9 Å². The van der Waals surface area contributed by atoms with Crippen LogP contribution in [0.3, 0.4) is 0 Å². The first-order valence-electron chi connectivity index (χ1n) is 11.7. The second-order valence-electron chi connectivity index (χ2n) is 9.14. The van der Waals surface area contributed by atoms with Gasteiger partial charge < -0.3 is 4.90 Å². The molecule has 1 saturated heterocycles. The minimum atomic E-state index is 0.0879. The molecule has 0 N–H and O–H groups in total. The molecule has 5 heteroatoms. The number of piperidine rings is 1. The minimum absolute atomic E-state index is 0.0879. The van der Waals surface area contributed by atoms with Crippen LogP contribution >= 0.6 is 0 Å². The fraction of sp³-hybridized carbons (Fsp3) is 0.310. The number of aliphatic imine (C=N–C) groups is 1. The summed E-state index contributed by atoms with van der Waals surface area (Å²) in [5, 5.41) is 9.02. The molecule has 1 aliphatic rings. The van der Waals surface area contributed by atoms with Crippen molar-refractivity contribution in [1.82, 2.24) is 9.88 Å². The van der Waals surface area contributed by atoms with Crippen molar-refractivity contribution in [3.05, 3.63) is 93.8 Å². The smallest absolute Gasteiger partial charge is 0.254 e. The zero-order valence-corrected chi connectivity index (χ0v) is 20.3. The molecule has 0 atom stereocenters. The highest BCUT2D eigenvalue weighted by Gasteiger charge is 2.26. The predicted octanol–water partition coefficient (Wildman–Crippen LogP) is 6.04. The summed E-state index contributed by atoms with van der Waals surface area (Å²) in [7, 11) is 0. The molecule has 5 nitrogen and oxygen atoms in total. The van der Waals surface area contributed by atoms with E-state index in [-0.39, 0.29) is 5.91 Å². The van der Waals surface area contributed by atoms with Crippen LogP contribution in [0.1, 0.15) is 69.4 Å². The quantitative estimate of drug-likeness (QED) is 0.455. The Labute approximate surface area is 201 Å². The first kappa shape index (κ1) is 23.4. The second kappa shape index (κ2) is 10.0. The number of nitrogens with zero attached hydrogens (tertiary/aromatic N) is 4. The number of rotatable bonds is 4. The van der Waals surface area contributed by atoms with E-state index in [1.807, 2.05) is 68.3 Å². The van der Waals surface area contributed by atoms with Gasteiger partial charge in [-0.3, -0.25) is 14.8 Å². The van der Waals surface area contributed by atoms with Gasteiger partial charge in [-0.25, -0.2) is 0 Å². The van der Waals surface area contributed by atoms with E-state index in [0.29, 0.717) is 11.5 Å². The van der Waals surface area contributed by atoms with Crippen LogP contribution in [0.2, 0.25) is 0 Å². The number of likely N-dealkylation sites (tertiary alicyclic amines) is 1. The molecular weight excluding hydrogens is 420 g/mol. The van der Waals surface area contributed by atoms with E-state index in [9.17, 15) is 4.79 Å². The van der Waals surface area contributed by atoms with Crippen molar-refractivity contribution < 1.29 is 4.79 Å². The molecule has 2 heterocycles. The average molecular weight is 451 g/mol. The van der Waals surface area contributed by atoms with E-state index >= 15 is 0 Å². The van der Waals surface area contributed by atoms with Gasteiger partial charge in [0.15, 0.2) is 0 Å². The van der Waals surface area contributed by atoms with Crippen LogP contribution in [0.4, 0.5) is 5.69 Å². The topological polar surface area (TPSA) is 69.3 Å². The Morgan fingerprint density at radius 3 is 2.32 bits per heavy atom. The molecule has 1 amide bonds. The third-order valence-corrected chi connectivity index (χ3v) is 6.76. The van der Waals surface area contributed by atoms with Gasteiger partial charge in [-0.2, -0.15) is 5.26 Å². The number of aromatic nitrogens is 1. The standard InChI is InChI=1S/C29H30N4O/c1-19-15-20(2)27(16-26(19)22(4)32-28-9-12-31-18-21(28)3)29(34)33-13-10-25(11-14-33)24-7-5-23(17-30)6-8-24/h5-9,12,15-16,18,25H,10-11,13-14H2,1-4H3/b32-22+. The Hall–Kier alpha value is -3.78. The van der Waals surface area contributed by atoms with Crippen LogP contribution in [-0.4, -0.2) is 34.6 Å². The summed E-state index contributed by atoms with van der Waals surface area (Å²) in [6.45, 7) is 9.53. The molecule has 0 bridgehead atoms. The number of aryl methyl sites for hydroxylation is 3. The normalized spacial score (nSPS) is 14.7. The molecule has 0 radical (unpaired) electrons. The molecule has 4 rings (SSSR count). The van der Waals surface area contributed by atoms with E-state index in [0.717, 1.165) is 65.1 Å². The SMILES string of the molecule is C/C(=N\c1ccncc1C)c1cc(C(=O)N2CCC(c3ccc(C#N)cc3)CC2)c(C)cc1C. The molecule has 1 fully saturated rings. The van der Waals surface area contributed by atoms with Crippen LogP contribution in [0.5, 0.6) is 0 Å². The summed E-state index contributed by atoms with van der Waals surface area (Å²) in [5.41, 5.74) is 8.59. The molecule has 1 aliphatic heterocycles. The number of benzene rings is 2. The maximum atomic E-state index is 13.5. The Kier molecular flexibility index (Phi) is 6.88. The van der Waals surface area contributed by atoms with Crippen LogP contribution in [0.25, 0.3) is 0 Å². The number of pyridine rings is 1. The molecule has 0 spiro atoms. The molecule has 34 heavy (non-hydrogen) atoms. The Morgan fingerprint density at radius 2 is 1.68 bits per heavy atom. The summed E-state index contributed by atoms with van der Waals surface area (Å²) >= 11 is 0. The third-order valence-electron chi connectivity index (χ3n) is 6.76. The molecular formula is C29H30N4O. The minimum Gasteiger partial charge on any atom is -0.339 e. The molecule has 0 saturated carbocycles. The van der Waals surface area contributed by atoms with Gasteiger partial charge in [0, 0.05) is 36.8 Å². The highest BCUT2D eigenvalue weighted by molar-refractivity contribution is 6.05. The maximum absolute atomic E-state index is 13.5. The Morgan fingerprint density at radius 1 is 1.00 bits per heavy atom. The van der Waals surface area contributed by atoms with Crippen LogP contribution < -0.4 is 0 Å². The number of carbonyl (C=O) groups excluding carboxylic acids is 1. The van der Waals surface area contributed by atoms with Crippen molar-refractivity contribution in [3.8, 4) is 6.07 Å². The van der Waals surface area contributed by atoms with Crippen molar-refractivity contribution in [1.29, 1.82) is 5.26 Å². The second-order valence-corrected chi connectivity index (χ2v) is 9.14. The summed E-state index contributed by atoms with van der Waals surface area (Å²) in [4.78, 5) is 24.4. The Balaban J connectivity index is 1.52. The number of hydrogen-bond acceptors (Lipinski definition) is 4. The van der Waals surface area contributed by atoms with E-state index < -0.39 is 0 Å². The van der Waals surface area contributed by atoms with Crippen molar-refractivity contribution >= 4 is 17.3 Å². The summed E-state index contributed by atoms with van der Waals surface area (Å²) in [6.07, 6.45) is 5.41. The first-order valence-corrected chi connectivity index (χ1v) is 11.7. The number of amides is 1. The summed E-state index contributed by atoms with van der Waals surface area (Å²) < 4.78 is 0. The van der Waals surface area contributed by atoms with E-state index in [1.165, 1.54) is 5.56 Å². The first-order chi connectivity index (χ1) is 16.4. The molecule has 0 aliphatic carbocycles. The van der Waals surface area contributed by atoms with Crippen molar-refractivity contribution in [2.24, 2.45) is 4.99 Å². The highest BCUT2D eigenvalue weighted by atomic mass is 16.2. The van der Waals surface area contributed by atoms with Gasteiger partial charge in [0.05, 0.1) is 17.3 Å². The molecule has 172 valence electrons. The lowest BCUT2D eigenvalue weighted by Crippen LogP contribution is -2.38. The van der Waals surface area contributed by atoms with Gasteiger partial charge in [0.25, 0.3) is 5.91 Å². The fourth-order valence-corrected chi connectivity index (χ4v) is 4.72. The zero-order valence-electron chi connectivity index (χ0n) is 20.3. The lowest BCUT2D eigenvalue weighted by Gasteiger charge is -2.33. The van der Waals surface area contributed by atoms with Gasteiger partial charge in [0.2, 0.25) is 0 Å². The van der Waals surface area contributed by atoms with Gasteiger partial charge in [-0.05, 0) is 98.5 Å². The van der Waals surface area contributed by atoms with Gasteiger partial charge in [-0.1, -0.05) is 18.2 Å². The summed E-state index contributed by atoms with van der Waals surface area (Å²) in [6, 6.07) is 16.0. The van der Waals surface area contributed by atoms with Crippen molar-refractivity contribution in [2.45, 2.75) is 46.5 Å². The van der Waals surface area contributed by atoms with E-state index in [1.54, 1.807) is 6.20 Å². The van der Waals surface area contributed by atoms with Gasteiger partial charge in [0.1, 0.15) is 0 Å². The Bertz CT molecular complexity index is 1280. The number of carbonyl (C=O) groups is 1. The van der Waals surface area contributed by atoms with Gasteiger partial charge in [-0.15, -0.1) is 0 Å². The fourth-order valence-electron chi connectivity index (χ4n) is 4.72. The molecule has 2 aromatic carbocycles. The van der Waals surface area contributed by atoms with Crippen molar-refractivity contribution in [3.63, 3.8) is 0 Å². The largest absolute Gasteiger partial charge is 0.339 e. The molecule has 3 aromatic rings. The third kappa shape index (κ3) is 4.92. The highest BCUT2D eigenvalue weighted by Crippen LogP contribution is 2.30. The zero-order chi connectivity index (χ0) is 24.2. The van der Waals surface area contributed by atoms with Crippen molar-refractivity contribution in [2.75, 3.05) is 13.1 Å². The van der Waals surface area contributed by atoms with E-state index in [2.05, 4.69) is 24.0 Å². The van der Waals surface area contributed by atoms with E-state index in [4.69, 9.17) is 10.3 Å². The number of nitriles is 1. The van der Waals surface area contributed by atoms with Crippen LogP contribution in [-0.2, 0) is 0 Å². The molecule has 0 unspecified atom stereocenters. The maximum Gasteiger partial charge on any atom is 0.254 e.